The number of rotatable bonds is 8. The molecule has 0 bridgehead atoms. The Kier molecular flexibility index (Phi) is 7.38. The summed E-state index contributed by atoms with van der Waals surface area (Å²) in [6.45, 7) is 1.93. The molecule has 1 saturated carbocycles. The second-order valence-electron chi connectivity index (χ2n) is 8.49. The van der Waals surface area contributed by atoms with Gasteiger partial charge in [-0.05, 0) is 44.0 Å². The molecule has 1 aliphatic carbocycles. The maximum atomic E-state index is 13.2. The molecule has 2 aliphatic rings. The molecule has 1 heterocycles. The summed E-state index contributed by atoms with van der Waals surface area (Å²) in [7, 11) is -3.89. The van der Waals surface area contributed by atoms with E-state index in [1.165, 1.54) is 17.0 Å². The first-order valence-electron chi connectivity index (χ1n) is 11.4. The Labute approximate surface area is 199 Å². The number of fused-ring (bicyclic) bond motifs is 1. The Morgan fingerprint density at radius 1 is 1.00 bits per heavy atom. The molecule has 1 fully saturated rings. The average molecular weight is 488 g/mol. The number of carbonyl (C=O) groups excluding carboxylic acids is 2. The molecule has 1 aliphatic heterocycles. The van der Waals surface area contributed by atoms with E-state index in [0.29, 0.717) is 30.4 Å². The highest BCUT2D eigenvalue weighted by Gasteiger charge is 2.25. The lowest BCUT2D eigenvalue weighted by Crippen LogP contribution is -2.47. The van der Waals surface area contributed by atoms with Crippen LogP contribution < -0.4 is 24.4 Å². The number of nitrogens with zero attached hydrogens (tertiary/aromatic N) is 1. The van der Waals surface area contributed by atoms with Crippen molar-refractivity contribution in [2.24, 2.45) is 0 Å². The van der Waals surface area contributed by atoms with Crippen LogP contribution in [0.1, 0.15) is 31.2 Å². The van der Waals surface area contributed by atoms with Crippen molar-refractivity contribution >= 4 is 27.5 Å². The van der Waals surface area contributed by atoms with Crippen molar-refractivity contribution in [1.29, 1.82) is 0 Å². The van der Waals surface area contributed by atoms with Crippen LogP contribution in [0.15, 0.2) is 47.4 Å². The molecular formula is C24H29N3O6S. The van der Waals surface area contributed by atoms with E-state index in [9.17, 15) is 18.0 Å². The number of benzene rings is 2. The van der Waals surface area contributed by atoms with Gasteiger partial charge in [-0.15, -0.1) is 0 Å². The van der Waals surface area contributed by atoms with E-state index in [0.717, 1.165) is 31.2 Å². The molecule has 0 radical (unpaired) electrons. The molecule has 34 heavy (non-hydrogen) atoms. The number of hydrogen-bond donors (Lipinski definition) is 2. The highest BCUT2D eigenvalue weighted by Crippen LogP contribution is 2.34. The Morgan fingerprint density at radius 2 is 1.68 bits per heavy atom. The first-order valence-corrected chi connectivity index (χ1v) is 12.9. The number of ether oxygens (including phenoxy) is 2. The van der Waals surface area contributed by atoms with Gasteiger partial charge in [0.2, 0.25) is 21.8 Å². The predicted octanol–water partition coefficient (Wildman–Crippen LogP) is 2.14. The zero-order chi connectivity index (χ0) is 24.1. The fourth-order valence-electron chi connectivity index (χ4n) is 4.06. The maximum Gasteiger partial charge on any atom is 0.242 e. The molecular weight excluding hydrogens is 458 g/mol. The monoisotopic (exact) mass is 487 g/mol. The van der Waals surface area contributed by atoms with Gasteiger partial charge >= 0.3 is 0 Å². The zero-order valence-electron chi connectivity index (χ0n) is 19.1. The smallest absolute Gasteiger partial charge is 0.242 e. The van der Waals surface area contributed by atoms with Crippen molar-refractivity contribution in [3.05, 3.63) is 48.0 Å². The number of amides is 2. The van der Waals surface area contributed by atoms with Crippen LogP contribution in [-0.4, -0.2) is 52.6 Å². The molecule has 2 amide bonds. The molecule has 2 N–H and O–H groups in total. The van der Waals surface area contributed by atoms with E-state index >= 15 is 0 Å². The van der Waals surface area contributed by atoms with Crippen LogP contribution >= 0.6 is 0 Å². The highest BCUT2D eigenvalue weighted by atomic mass is 32.2. The third-order valence-electron chi connectivity index (χ3n) is 5.91. The van der Waals surface area contributed by atoms with E-state index in [1.54, 1.807) is 30.3 Å². The van der Waals surface area contributed by atoms with Crippen molar-refractivity contribution in [3.63, 3.8) is 0 Å². The predicted molar refractivity (Wildman–Crippen MR) is 127 cm³/mol. The van der Waals surface area contributed by atoms with Gasteiger partial charge in [-0.3, -0.25) is 9.59 Å². The van der Waals surface area contributed by atoms with Crippen LogP contribution in [0.3, 0.4) is 0 Å². The number of aryl methyl sites for hydroxylation is 1. The van der Waals surface area contributed by atoms with Crippen LogP contribution in [-0.2, 0) is 19.6 Å². The first kappa shape index (κ1) is 24.0. The van der Waals surface area contributed by atoms with Gasteiger partial charge in [0, 0.05) is 17.8 Å². The molecule has 0 aromatic heterocycles. The topological polar surface area (TPSA) is 114 Å². The molecule has 2 aromatic carbocycles. The average Bonchev–Trinajstić information content (AvgIpc) is 3.34. The van der Waals surface area contributed by atoms with Crippen LogP contribution in [0.25, 0.3) is 0 Å². The molecule has 0 atom stereocenters. The third kappa shape index (κ3) is 5.87. The summed E-state index contributed by atoms with van der Waals surface area (Å²) in [6.07, 6.45) is 3.97. The third-order valence-corrected chi connectivity index (χ3v) is 7.32. The minimum Gasteiger partial charge on any atom is -0.486 e. The second kappa shape index (κ2) is 10.4. The maximum absolute atomic E-state index is 13.2. The van der Waals surface area contributed by atoms with E-state index in [1.807, 2.05) is 6.92 Å². The largest absolute Gasteiger partial charge is 0.486 e. The van der Waals surface area contributed by atoms with E-state index in [-0.39, 0.29) is 23.4 Å². The van der Waals surface area contributed by atoms with Crippen molar-refractivity contribution in [2.75, 3.05) is 31.2 Å². The molecule has 2 aromatic rings. The van der Waals surface area contributed by atoms with E-state index < -0.39 is 22.5 Å². The SMILES string of the molecule is Cc1ccc(S(=O)(=O)NCC(=O)N(CC(=O)NC2CCCC2)c2ccc3c(c2)OCCO3)cc1. The van der Waals surface area contributed by atoms with Crippen LogP contribution in [0.4, 0.5) is 5.69 Å². The molecule has 4 rings (SSSR count). The summed E-state index contributed by atoms with van der Waals surface area (Å²) < 4.78 is 38.8. The number of carbonyl (C=O) groups is 2. The van der Waals surface area contributed by atoms with Crippen molar-refractivity contribution < 1.29 is 27.5 Å². The minimum atomic E-state index is -3.89. The van der Waals surface area contributed by atoms with Gasteiger partial charge in [-0.1, -0.05) is 30.5 Å². The zero-order valence-corrected chi connectivity index (χ0v) is 19.9. The van der Waals surface area contributed by atoms with Crippen molar-refractivity contribution in [1.82, 2.24) is 10.0 Å². The number of nitrogens with one attached hydrogen (secondary N) is 2. The van der Waals surface area contributed by atoms with Gasteiger partial charge < -0.3 is 19.7 Å². The number of hydrogen-bond acceptors (Lipinski definition) is 6. The van der Waals surface area contributed by atoms with Gasteiger partial charge in [0.05, 0.1) is 11.4 Å². The Balaban J connectivity index is 1.51. The number of anilines is 1. The van der Waals surface area contributed by atoms with Crippen LogP contribution in [0, 0.1) is 6.92 Å². The van der Waals surface area contributed by atoms with Gasteiger partial charge in [0.25, 0.3) is 0 Å². The van der Waals surface area contributed by atoms with Gasteiger partial charge in [-0.2, -0.15) is 0 Å². The number of sulfonamides is 1. The Hall–Kier alpha value is -3.11. The molecule has 0 unspecified atom stereocenters. The van der Waals surface area contributed by atoms with Crippen molar-refractivity contribution in [2.45, 2.75) is 43.5 Å². The summed E-state index contributed by atoms with van der Waals surface area (Å²) >= 11 is 0. The standard InChI is InChI=1S/C24H29N3O6S/c1-17-6-9-20(10-7-17)34(30,31)25-15-24(29)27(16-23(28)26-18-4-2-3-5-18)19-8-11-21-22(14-19)33-13-12-32-21/h6-11,14,18,25H,2-5,12-13,15-16H2,1H3,(H,26,28). The van der Waals surface area contributed by atoms with E-state index in [2.05, 4.69) is 10.0 Å². The highest BCUT2D eigenvalue weighted by molar-refractivity contribution is 7.89. The fraction of sp³-hybridized carbons (Fsp3) is 0.417. The first-order chi connectivity index (χ1) is 16.3. The summed E-state index contributed by atoms with van der Waals surface area (Å²) in [5.41, 5.74) is 1.35. The Morgan fingerprint density at radius 3 is 2.38 bits per heavy atom. The summed E-state index contributed by atoms with van der Waals surface area (Å²) in [5.74, 6) is 0.168. The van der Waals surface area contributed by atoms with E-state index in [4.69, 9.17) is 9.47 Å². The second-order valence-corrected chi connectivity index (χ2v) is 10.3. The normalized spacial score (nSPS) is 15.7. The van der Waals surface area contributed by atoms with Gasteiger partial charge in [0.15, 0.2) is 11.5 Å². The van der Waals surface area contributed by atoms with Crippen molar-refractivity contribution in [3.8, 4) is 11.5 Å². The summed E-state index contributed by atoms with van der Waals surface area (Å²) in [6, 6.07) is 11.4. The lowest BCUT2D eigenvalue weighted by atomic mass is 10.2. The molecule has 10 heteroatoms. The summed E-state index contributed by atoms with van der Waals surface area (Å²) in [5, 5.41) is 2.97. The van der Waals surface area contributed by atoms with Gasteiger partial charge in [0.1, 0.15) is 19.8 Å². The summed E-state index contributed by atoms with van der Waals surface area (Å²) in [4.78, 5) is 27.2. The quantitative estimate of drug-likeness (QED) is 0.590. The molecule has 182 valence electrons. The molecule has 9 nitrogen and oxygen atoms in total. The molecule has 0 saturated heterocycles. The fourth-order valence-corrected chi connectivity index (χ4v) is 5.04. The lowest BCUT2D eigenvalue weighted by Gasteiger charge is -2.26. The molecule has 0 spiro atoms. The van der Waals surface area contributed by atoms with Crippen LogP contribution in [0.5, 0.6) is 11.5 Å². The van der Waals surface area contributed by atoms with Gasteiger partial charge in [-0.25, -0.2) is 13.1 Å². The lowest BCUT2D eigenvalue weighted by molar-refractivity contribution is -0.123. The van der Waals surface area contributed by atoms with Crippen LogP contribution in [0.2, 0.25) is 0 Å². The Bertz CT molecular complexity index is 1140. The minimum absolute atomic E-state index is 0.0655.